The number of nitrogens with zero attached hydrogens (tertiary/aromatic N) is 1. The van der Waals surface area contributed by atoms with E-state index in [0.29, 0.717) is 35.8 Å². The van der Waals surface area contributed by atoms with Crippen LogP contribution in [0.3, 0.4) is 0 Å². The number of nitrogens with one attached hydrogen (secondary N) is 1. The summed E-state index contributed by atoms with van der Waals surface area (Å²) in [5.41, 5.74) is 0.0473. The first-order valence-electron chi connectivity index (χ1n) is 6.98. The molecule has 6 heteroatoms. The topological polar surface area (TPSA) is 61.8 Å². The van der Waals surface area contributed by atoms with Crippen LogP contribution in [0.25, 0.3) is 0 Å². The lowest BCUT2D eigenvalue weighted by Gasteiger charge is -2.35. The minimum atomic E-state index is -0.601. The molecule has 1 aromatic rings. The summed E-state index contributed by atoms with van der Waals surface area (Å²) < 4.78 is 5.07. The zero-order valence-electron chi connectivity index (χ0n) is 12.4. The van der Waals surface area contributed by atoms with Crippen LogP contribution in [-0.2, 0) is 4.79 Å². The van der Waals surface area contributed by atoms with E-state index in [1.807, 2.05) is 11.8 Å². The van der Waals surface area contributed by atoms with Gasteiger partial charge < -0.3 is 15.2 Å². The number of benzene rings is 1. The maximum atomic E-state index is 12.0. The fourth-order valence-corrected chi connectivity index (χ4v) is 2.60. The predicted molar refractivity (Wildman–Crippen MR) is 82.9 cm³/mol. The lowest BCUT2D eigenvalue weighted by Crippen LogP contribution is -2.45. The van der Waals surface area contributed by atoms with Gasteiger partial charge in [0.15, 0.2) is 0 Å². The van der Waals surface area contributed by atoms with E-state index in [9.17, 15) is 9.90 Å². The SMILES string of the molecule is COc1ccc(NC(=O)CN2CCC(C)(O)CC2)cc1Cl. The average molecular weight is 313 g/mol. The molecule has 21 heavy (non-hydrogen) atoms. The van der Waals surface area contributed by atoms with Crippen molar-refractivity contribution in [2.45, 2.75) is 25.4 Å². The first-order valence-corrected chi connectivity index (χ1v) is 7.35. The molecule has 1 saturated heterocycles. The molecule has 0 spiro atoms. The summed E-state index contributed by atoms with van der Waals surface area (Å²) in [5, 5.41) is 13.2. The first-order chi connectivity index (χ1) is 9.89. The number of aliphatic hydroxyl groups is 1. The summed E-state index contributed by atoms with van der Waals surface area (Å²) in [6, 6.07) is 5.14. The number of carbonyl (C=O) groups is 1. The molecular formula is C15H21ClN2O3. The highest BCUT2D eigenvalue weighted by molar-refractivity contribution is 6.32. The van der Waals surface area contributed by atoms with Gasteiger partial charge in [0.25, 0.3) is 0 Å². The van der Waals surface area contributed by atoms with E-state index in [1.54, 1.807) is 25.3 Å². The van der Waals surface area contributed by atoms with Crippen molar-refractivity contribution in [3.05, 3.63) is 23.2 Å². The van der Waals surface area contributed by atoms with Gasteiger partial charge in [-0.3, -0.25) is 9.69 Å². The highest BCUT2D eigenvalue weighted by atomic mass is 35.5. The Kier molecular flexibility index (Phi) is 5.08. The van der Waals surface area contributed by atoms with Gasteiger partial charge in [-0.1, -0.05) is 11.6 Å². The normalized spacial score (nSPS) is 18.3. The molecule has 0 saturated carbocycles. The van der Waals surface area contributed by atoms with Crippen LogP contribution in [-0.4, -0.2) is 48.3 Å². The molecule has 0 aromatic heterocycles. The molecular weight excluding hydrogens is 292 g/mol. The Morgan fingerprint density at radius 2 is 2.14 bits per heavy atom. The van der Waals surface area contributed by atoms with Crippen molar-refractivity contribution >= 4 is 23.2 Å². The summed E-state index contributed by atoms with van der Waals surface area (Å²) >= 11 is 6.02. The predicted octanol–water partition coefficient (Wildman–Crippen LogP) is 2.13. The number of methoxy groups -OCH3 is 1. The Bertz CT molecular complexity index is 510. The summed E-state index contributed by atoms with van der Waals surface area (Å²) in [5.74, 6) is 0.491. The van der Waals surface area contributed by atoms with Gasteiger partial charge in [0.05, 0.1) is 24.3 Å². The van der Waals surface area contributed by atoms with Gasteiger partial charge in [0.2, 0.25) is 5.91 Å². The summed E-state index contributed by atoms with van der Waals surface area (Å²) in [7, 11) is 1.55. The summed E-state index contributed by atoms with van der Waals surface area (Å²) in [6.45, 7) is 3.61. The van der Waals surface area contributed by atoms with Crippen molar-refractivity contribution in [3.8, 4) is 5.75 Å². The molecule has 1 aromatic carbocycles. The average Bonchev–Trinajstić information content (AvgIpc) is 2.41. The molecule has 2 rings (SSSR count). The number of carbonyl (C=O) groups excluding carboxylic acids is 1. The third kappa shape index (κ3) is 4.59. The fraction of sp³-hybridized carbons (Fsp3) is 0.533. The van der Waals surface area contributed by atoms with E-state index in [0.717, 1.165) is 13.1 Å². The molecule has 1 heterocycles. The maximum Gasteiger partial charge on any atom is 0.238 e. The van der Waals surface area contributed by atoms with Gasteiger partial charge in [-0.15, -0.1) is 0 Å². The molecule has 2 N–H and O–H groups in total. The van der Waals surface area contributed by atoms with Gasteiger partial charge in [0, 0.05) is 18.8 Å². The molecule has 5 nitrogen and oxygen atoms in total. The van der Waals surface area contributed by atoms with Gasteiger partial charge in [0.1, 0.15) is 5.75 Å². The van der Waals surface area contributed by atoms with Crippen molar-refractivity contribution < 1.29 is 14.6 Å². The van der Waals surface area contributed by atoms with E-state index < -0.39 is 5.60 Å². The van der Waals surface area contributed by atoms with Crippen LogP contribution in [0.1, 0.15) is 19.8 Å². The minimum absolute atomic E-state index is 0.0854. The standard InChI is InChI=1S/C15H21ClN2O3/c1-15(20)5-7-18(8-6-15)10-14(19)17-11-3-4-13(21-2)12(16)9-11/h3-4,9,20H,5-8,10H2,1-2H3,(H,17,19). The van der Waals surface area contributed by atoms with Crippen LogP contribution in [0.2, 0.25) is 5.02 Å². The van der Waals surface area contributed by atoms with Crippen molar-refractivity contribution in [3.63, 3.8) is 0 Å². The zero-order chi connectivity index (χ0) is 15.5. The quantitative estimate of drug-likeness (QED) is 0.894. The van der Waals surface area contributed by atoms with Crippen LogP contribution in [0.4, 0.5) is 5.69 Å². The second kappa shape index (κ2) is 6.64. The molecule has 1 aliphatic heterocycles. The Morgan fingerprint density at radius 1 is 1.48 bits per heavy atom. The minimum Gasteiger partial charge on any atom is -0.495 e. The number of likely N-dealkylation sites (tertiary alicyclic amines) is 1. The molecule has 0 bridgehead atoms. The largest absolute Gasteiger partial charge is 0.495 e. The first kappa shape index (κ1) is 16.1. The van der Waals surface area contributed by atoms with E-state index >= 15 is 0 Å². The van der Waals surface area contributed by atoms with Crippen molar-refractivity contribution in [1.29, 1.82) is 0 Å². The van der Waals surface area contributed by atoms with Crippen LogP contribution in [0.15, 0.2) is 18.2 Å². The van der Waals surface area contributed by atoms with E-state index in [2.05, 4.69) is 5.32 Å². The molecule has 1 fully saturated rings. The number of hydrogen-bond acceptors (Lipinski definition) is 4. The monoisotopic (exact) mass is 312 g/mol. The second-order valence-corrected chi connectivity index (χ2v) is 6.08. The molecule has 0 radical (unpaired) electrons. The lowest BCUT2D eigenvalue weighted by molar-refractivity contribution is -0.118. The fourth-order valence-electron chi connectivity index (χ4n) is 2.34. The number of amides is 1. The molecule has 1 aliphatic rings. The highest BCUT2D eigenvalue weighted by Gasteiger charge is 2.27. The highest BCUT2D eigenvalue weighted by Crippen LogP contribution is 2.27. The van der Waals surface area contributed by atoms with E-state index in [1.165, 1.54) is 0 Å². The molecule has 0 atom stereocenters. The smallest absolute Gasteiger partial charge is 0.238 e. The van der Waals surface area contributed by atoms with Gasteiger partial charge in [-0.2, -0.15) is 0 Å². The summed E-state index contributed by atoms with van der Waals surface area (Å²) in [4.78, 5) is 14.1. The number of hydrogen-bond donors (Lipinski definition) is 2. The second-order valence-electron chi connectivity index (χ2n) is 5.67. The number of halogens is 1. The number of piperidine rings is 1. The summed E-state index contributed by atoms with van der Waals surface area (Å²) in [6.07, 6.45) is 1.38. The third-order valence-corrected chi connectivity index (χ3v) is 4.03. The Morgan fingerprint density at radius 3 is 2.71 bits per heavy atom. The lowest BCUT2D eigenvalue weighted by atomic mass is 9.94. The van der Waals surface area contributed by atoms with Gasteiger partial charge in [-0.05, 0) is 38.0 Å². The number of anilines is 1. The zero-order valence-corrected chi connectivity index (χ0v) is 13.1. The third-order valence-electron chi connectivity index (χ3n) is 3.74. The van der Waals surface area contributed by atoms with Crippen LogP contribution in [0, 0.1) is 0 Å². The van der Waals surface area contributed by atoms with E-state index in [4.69, 9.17) is 16.3 Å². The van der Waals surface area contributed by atoms with E-state index in [-0.39, 0.29) is 5.91 Å². The Hall–Kier alpha value is -1.30. The molecule has 116 valence electrons. The van der Waals surface area contributed by atoms with Crippen LogP contribution >= 0.6 is 11.6 Å². The number of rotatable bonds is 4. The molecule has 0 unspecified atom stereocenters. The maximum absolute atomic E-state index is 12.0. The number of ether oxygens (including phenoxy) is 1. The van der Waals surface area contributed by atoms with Crippen molar-refractivity contribution in [1.82, 2.24) is 4.90 Å². The van der Waals surface area contributed by atoms with Crippen LogP contribution < -0.4 is 10.1 Å². The van der Waals surface area contributed by atoms with Gasteiger partial charge >= 0.3 is 0 Å². The van der Waals surface area contributed by atoms with Gasteiger partial charge in [-0.25, -0.2) is 0 Å². The Labute approximate surface area is 129 Å². The molecule has 1 amide bonds. The van der Waals surface area contributed by atoms with Crippen molar-refractivity contribution in [2.75, 3.05) is 32.1 Å². The van der Waals surface area contributed by atoms with Crippen molar-refractivity contribution in [2.24, 2.45) is 0 Å². The van der Waals surface area contributed by atoms with Crippen LogP contribution in [0.5, 0.6) is 5.75 Å². The Balaban J connectivity index is 1.86. The molecule has 0 aliphatic carbocycles.